The summed E-state index contributed by atoms with van der Waals surface area (Å²) in [5, 5.41) is 19.0. The molecule has 0 spiro atoms. The molecule has 2 aromatic rings. The van der Waals surface area contributed by atoms with E-state index in [1.54, 1.807) is 12.1 Å². The first-order valence-electron chi connectivity index (χ1n) is 5.25. The van der Waals surface area contributed by atoms with E-state index in [2.05, 4.69) is 0 Å². The lowest BCUT2D eigenvalue weighted by atomic mass is 9.92. The lowest BCUT2D eigenvalue weighted by Crippen LogP contribution is -1.95. The van der Waals surface area contributed by atoms with Crippen molar-refractivity contribution in [3.63, 3.8) is 0 Å². The summed E-state index contributed by atoms with van der Waals surface area (Å²) < 4.78 is 0. The van der Waals surface area contributed by atoms with Crippen LogP contribution in [0.15, 0.2) is 48.5 Å². The standard InChI is InChI=1S/C14H14O2.H2O/c1-10(11-5-3-2-4-6-11)13-8-7-12(15)9-14(13)16;/h2-10,15-16H,1H3;1H2. The summed E-state index contributed by atoms with van der Waals surface area (Å²) in [5.74, 6) is 0.333. The summed E-state index contributed by atoms with van der Waals surface area (Å²) >= 11 is 0. The normalized spacial score (nSPS) is 11.6. The molecule has 0 bridgehead atoms. The van der Waals surface area contributed by atoms with E-state index in [-0.39, 0.29) is 22.9 Å². The summed E-state index contributed by atoms with van der Waals surface area (Å²) in [6.07, 6.45) is 0. The van der Waals surface area contributed by atoms with Gasteiger partial charge in [-0.1, -0.05) is 43.3 Å². The molecule has 0 amide bonds. The Morgan fingerprint density at radius 1 is 0.941 bits per heavy atom. The number of hydrogen-bond acceptors (Lipinski definition) is 2. The average Bonchev–Trinajstić information content (AvgIpc) is 2.29. The van der Waals surface area contributed by atoms with Crippen molar-refractivity contribution < 1.29 is 15.7 Å². The summed E-state index contributed by atoms with van der Waals surface area (Å²) in [7, 11) is 0. The van der Waals surface area contributed by atoms with Crippen molar-refractivity contribution in [2.45, 2.75) is 12.8 Å². The third-order valence-electron chi connectivity index (χ3n) is 2.78. The van der Waals surface area contributed by atoms with Gasteiger partial charge in [0.05, 0.1) is 0 Å². The predicted octanol–water partition coefficient (Wildman–Crippen LogP) is 2.42. The maximum atomic E-state index is 9.76. The molecular formula is C14H16O3. The summed E-state index contributed by atoms with van der Waals surface area (Å²) in [6, 6.07) is 14.7. The minimum absolute atomic E-state index is 0. The van der Waals surface area contributed by atoms with Gasteiger partial charge in [0.15, 0.2) is 0 Å². The lowest BCUT2D eigenvalue weighted by molar-refractivity contribution is 0.444. The molecule has 0 saturated carbocycles. The van der Waals surface area contributed by atoms with E-state index in [4.69, 9.17) is 0 Å². The maximum Gasteiger partial charge on any atom is 0.123 e. The van der Waals surface area contributed by atoms with Crippen LogP contribution in [0.5, 0.6) is 11.5 Å². The molecule has 0 aliphatic carbocycles. The van der Waals surface area contributed by atoms with Gasteiger partial charge in [-0.2, -0.15) is 0 Å². The quantitative estimate of drug-likeness (QED) is 0.834. The van der Waals surface area contributed by atoms with Crippen molar-refractivity contribution in [1.82, 2.24) is 0 Å². The molecule has 1 unspecified atom stereocenters. The molecular weight excluding hydrogens is 216 g/mol. The van der Waals surface area contributed by atoms with Crippen LogP contribution in [0.3, 0.4) is 0 Å². The monoisotopic (exact) mass is 232 g/mol. The van der Waals surface area contributed by atoms with Crippen molar-refractivity contribution in [3.8, 4) is 11.5 Å². The highest BCUT2D eigenvalue weighted by molar-refractivity contribution is 5.44. The van der Waals surface area contributed by atoms with E-state index in [1.807, 2.05) is 37.3 Å². The van der Waals surface area contributed by atoms with Crippen LogP contribution in [0.25, 0.3) is 0 Å². The van der Waals surface area contributed by atoms with Gasteiger partial charge in [-0.25, -0.2) is 0 Å². The molecule has 3 heteroatoms. The number of aromatic hydroxyl groups is 2. The van der Waals surface area contributed by atoms with Gasteiger partial charge in [0.2, 0.25) is 0 Å². The van der Waals surface area contributed by atoms with Crippen molar-refractivity contribution in [2.75, 3.05) is 0 Å². The van der Waals surface area contributed by atoms with Crippen LogP contribution in [0, 0.1) is 0 Å². The molecule has 17 heavy (non-hydrogen) atoms. The molecule has 4 N–H and O–H groups in total. The van der Waals surface area contributed by atoms with Crippen LogP contribution in [0.2, 0.25) is 0 Å². The SMILES string of the molecule is CC(c1ccccc1)c1ccc(O)cc1O.O. The van der Waals surface area contributed by atoms with Crippen LogP contribution in [0.4, 0.5) is 0 Å². The number of benzene rings is 2. The molecule has 0 radical (unpaired) electrons. The number of phenols is 2. The van der Waals surface area contributed by atoms with Gasteiger partial charge in [0.1, 0.15) is 11.5 Å². The van der Waals surface area contributed by atoms with Crippen molar-refractivity contribution in [3.05, 3.63) is 59.7 Å². The van der Waals surface area contributed by atoms with Gasteiger partial charge in [-0.3, -0.25) is 0 Å². The minimum Gasteiger partial charge on any atom is -0.508 e. The van der Waals surface area contributed by atoms with Crippen molar-refractivity contribution in [2.24, 2.45) is 0 Å². The van der Waals surface area contributed by atoms with Gasteiger partial charge >= 0.3 is 0 Å². The first-order chi connectivity index (χ1) is 7.68. The minimum atomic E-state index is 0. The van der Waals surface area contributed by atoms with Gasteiger partial charge in [0, 0.05) is 17.5 Å². The molecule has 0 aliphatic heterocycles. The van der Waals surface area contributed by atoms with E-state index >= 15 is 0 Å². The Balaban J connectivity index is 0.00000144. The second-order valence-electron chi connectivity index (χ2n) is 3.88. The average molecular weight is 232 g/mol. The highest BCUT2D eigenvalue weighted by Gasteiger charge is 2.12. The molecule has 90 valence electrons. The van der Waals surface area contributed by atoms with E-state index in [1.165, 1.54) is 6.07 Å². The Labute approximate surface area is 100 Å². The zero-order chi connectivity index (χ0) is 11.5. The summed E-state index contributed by atoms with van der Waals surface area (Å²) in [4.78, 5) is 0. The molecule has 0 aromatic heterocycles. The Bertz CT molecular complexity index is 480. The largest absolute Gasteiger partial charge is 0.508 e. The van der Waals surface area contributed by atoms with Gasteiger partial charge in [0.25, 0.3) is 0 Å². The molecule has 2 aromatic carbocycles. The van der Waals surface area contributed by atoms with Gasteiger partial charge < -0.3 is 15.7 Å². The smallest absolute Gasteiger partial charge is 0.123 e. The highest BCUT2D eigenvalue weighted by atomic mass is 16.3. The van der Waals surface area contributed by atoms with Crippen LogP contribution >= 0.6 is 0 Å². The number of phenolic OH excluding ortho intramolecular Hbond substituents is 2. The summed E-state index contributed by atoms with van der Waals surface area (Å²) in [6.45, 7) is 2.03. The molecule has 0 aliphatic rings. The first kappa shape index (κ1) is 13.1. The zero-order valence-corrected chi connectivity index (χ0v) is 9.59. The zero-order valence-electron chi connectivity index (χ0n) is 9.59. The fourth-order valence-electron chi connectivity index (χ4n) is 1.82. The lowest BCUT2D eigenvalue weighted by Gasteiger charge is -2.14. The highest BCUT2D eigenvalue weighted by Crippen LogP contribution is 2.32. The Hall–Kier alpha value is -2.00. The Morgan fingerprint density at radius 3 is 2.18 bits per heavy atom. The van der Waals surface area contributed by atoms with E-state index in [0.29, 0.717) is 0 Å². The van der Waals surface area contributed by atoms with E-state index in [9.17, 15) is 10.2 Å². The molecule has 0 fully saturated rings. The van der Waals surface area contributed by atoms with Crippen molar-refractivity contribution in [1.29, 1.82) is 0 Å². The Kier molecular flexibility index (Phi) is 4.12. The third kappa shape index (κ3) is 2.77. The van der Waals surface area contributed by atoms with Crippen LogP contribution in [0.1, 0.15) is 24.0 Å². The third-order valence-corrected chi connectivity index (χ3v) is 2.78. The molecule has 2 rings (SSSR count). The molecule has 3 nitrogen and oxygen atoms in total. The number of hydrogen-bond donors (Lipinski definition) is 2. The van der Waals surface area contributed by atoms with Crippen LogP contribution < -0.4 is 0 Å². The predicted molar refractivity (Wildman–Crippen MR) is 67.3 cm³/mol. The van der Waals surface area contributed by atoms with Crippen molar-refractivity contribution >= 4 is 0 Å². The van der Waals surface area contributed by atoms with E-state index in [0.717, 1.165) is 11.1 Å². The molecule has 0 heterocycles. The first-order valence-corrected chi connectivity index (χ1v) is 5.25. The van der Waals surface area contributed by atoms with E-state index < -0.39 is 0 Å². The second-order valence-corrected chi connectivity index (χ2v) is 3.88. The molecule has 0 saturated heterocycles. The second kappa shape index (κ2) is 5.37. The van der Waals surface area contributed by atoms with Crippen LogP contribution in [-0.4, -0.2) is 15.7 Å². The maximum absolute atomic E-state index is 9.76. The van der Waals surface area contributed by atoms with Gasteiger partial charge in [-0.05, 0) is 11.6 Å². The number of rotatable bonds is 2. The van der Waals surface area contributed by atoms with Crippen LogP contribution in [-0.2, 0) is 0 Å². The topological polar surface area (TPSA) is 72.0 Å². The van der Waals surface area contributed by atoms with Gasteiger partial charge in [-0.15, -0.1) is 0 Å². The molecule has 1 atom stereocenters. The summed E-state index contributed by atoms with van der Waals surface area (Å²) in [5.41, 5.74) is 1.97. The fraction of sp³-hybridized carbons (Fsp3) is 0.143. The Morgan fingerprint density at radius 2 is 1.59 bits per heavy atom. The fourth-order valence-corrected chi connectivity index (χ4v) is 1.82.